The van der Waals surface area contributed by atoms with E-state index >= 15 is 0 Å². The Morgan fingerprint density at radius 2 is 1.95 bits per heavy atom. The molecule has 2 aromatic rings. The molecule has 6 nitrogen and oxygen atoms in total. The van der Waals surface area contributed by atoms with Crippen LogP contribution >= 0.6 is 0 Å². The van der Waals surface area contributed by atoms with Crippen LogP contribution in [0.4, 0.5) is 5.82 Å². The number of carbonyl (C=O) groups excluding carboxylic acids is 1. The highest BCUT2D eigenvalue weighted by Gasteiger charge is 2.28. The fourth-order valence-electron chi connectivity index (χ4n) is 2.49. The molecule has 21 heavy (non-hydrogen) atoms. The van der Waals surface area contributed by atoms with Crippen molar-refractivity contribution in [2.24, 2.45) is 0 Å². The number of anilines is 1. The van der Waals surface area contributed by atoms with Crippen LogP contribution in [0.2, 0.25) is 0 Å². The highest BCUT2D eigenvalue weighted by Crippen LogP contribution is 2.13. The van der Waals surface area contributed by atoms with Gasteiger partial charge in [-0.2, -0.15) is 0 Å². The molecule has 1 saturated heterocycles. The molecule has 0 radical (unpaired) electrons. The third-order valence-corrected chi connectivity index (χ3v) is 3.62. The first kappa shape index (κ1) is 13.4. The van der Waals surface area contributed by atoms with Gasteiger partial charge in [0.15, 0.2) is 0 Å². The van der Waals surface area contributed by atoms with Gasteiger partial charge in [0, 0.05) is 18.5 Å². The first-order chi connectivity index (χ1) is 10.3. The molecule has 0 aliphatic carbocycles. The molecule has 0 unspecified atom stereocenters. The van der Waals surface area contributed by atoms with Crippen LogP contribution in [-0.4, -0.2) is 47.2 Å². The van der Waals surface area contributed by atoms with Gasteiger partial charge in [0.05, 0.1) is 18.7 Å². The van der Waals surface area contributed by atoms with E-state index in [2.05, 4.69) is 9.88 Å². The Labute approximate surface area is 122 Å². The average Bonchev–Trinajstić information content (AvgIpc) is 2.56. The summed E-state index contributed by atoms with van der Waals surface area (Å²) in [5.74, 6) is 0.749. The highest BCUT2D eigenvalue weighted by atomic mass is 16.5. The molecule has 3 heterocycles. The standard InChI is InChI=1S/C15H17N4O2/c20-15(13-4-3-6-16-12-13)18-10-8-17(9-11-18)14-5-1-2-7-19(14)21/h1-7,12,21H,8-11H2/q+1. The lowest BCUT2D eigenvalue weighted by Gasteiger charge is -2.31. The molecule has 1 aliphatic heterocycles. The molecule has 0 aromatic carbocycles. The third-order valence-electron chi connectivity index (χ3n) is 3.62. The van der Waals surface area contributed by atoms with Crippen molar-refractivity contribution in [2.45, 2.75) is 0 Å². The number of pyridine rings is 2. The minimum absolute atomic E-state index is 0.00712. The molecule has 0 saturated carbocycles. The van der Waals surface area contributed by atoms with Crippen molar-refractivity contribution in [3.8, 4) is 0 Å². The zero-order chi connectivity index (χ0) is 14.7. The number of amides is 1. The molecular weight excluding hydrogens is 268 g/mol. The van der Waals surface area contributed by atoms with E-state index in [1.165, 1.54) is 0 Å². The molecular formula is C15H17N4O2+. The van der Waals surface area contributed by atoms with Crippen LogP contribution in [-0.2, 0) is 0 Å². The second-order valence-corrected chi connectivity index (χ2v) is 4.92. The summed E-state index contributed by atoms with van der Waals surface area (Å²) >= 11 is 0. The Morgan fingerprint density at radius 3 is 2.62 bits per heavy atom. The van der Waals surface area contributed by atoms with Crippen molar-refractivity contribution in [1.29, 1.82) is 0 Å². The SMILES string of the molecule is O=C(c1cccnc1)N1CCN(c2cccc[n+]2O)CC1. The van der Waals surface area contributed by atoms with Gasteiger partial charge >= 0.3 is 5.82 Å². The van der Waals surface area contributed by atoms with Crippen LogP contribution in [0.25, 0.3) is 0 Å². The lowest BCUT2D eigenvalue weighted by molar-refractivity contribution is -0.894. The van der Waals surface area contributed by atoms with Gasteiger partial charge in [0.2, 0.25) is 0 Å². The lowest BCUT2D eigenvalue weighted by Crippen LogP contribution is -2.52. The van der Waals surface area contributed by atoms with Crippen LogP contribution in [0.15, 0.2) is 48.9 Å². The number of piperazine rings is 1. The molecule has 1 amide bonds. The molecule has 3 rings (SSSR count). The maximum atomic E-state index is 12.3. The van der Waals surface area contributed by atoms with E-state index in [4.69, 9.17) is 0 Å². The average molecular weight is 285 g/mol. The summed E-state index contributed by atoms with van der Waals surface area (Å²) in [5, 5.41) is 9.80. The number of aromatic nitrogens is 2. The Bertz CT molecular complexity index is 625. The maximum absolute atomic E-state index is 12.3. The van der Waals surface area contributed by atoms with Crippen LogP contribution in [0.5, 0.6) is 0 Å². The molecule has 1 aliphatic rings. The molecule has 0 spiro atoms. The smallest absolute Gasteiger partial charge is 0.316 e. The van der Waals surface area contributed by atoms with Crippen molar-refractivity contribution in [3.05, 3.63) is 54.5 Å². The minimum Gasteiger partial charge on any atom is -0.350 e. The summed E-state index contributed by atoms with van der Waals surface area (Å²) in [7, 11) is 0. The van der Waals surface area contributed by atoms with Crippen molar-refractivity contribution in [2.75, 3.05) is 31.1 Å². The Balaban J connectivity index is 1.66. The first-order valence-corrected chi connectivity index (χ1v) is 6.90. The normalized spacial score (nSPS) is 15.0. The topological polar surface area (TPSA) is 60.6 Å². The lowest BCUT2D eigenvalue weighted by atomic mass is 10.2. The van der Waals surface area contributed by atoms with E-state index in [9.17, 15) is 10.0 Å². The number of hydrogen-bond donors (Lipinski definition) is 1. The predicted octanol–water partition coefficient (Wildman–Crippen LogP) is 0.569. The summed E-state index contributed by atoms with van der Waals surface area (Å²) in [5.41, 5.74) is 0.614. The van der Waals surface area contributed by atoms with Crippen LogP contribution in [0, 0.1) is 0 Å². The minimum atomic E-state index is 0.00712. The molecule has 1 fully saturated rings. The monoisotopic (exact) mass is 285 g/mol. The van der Waals surface area contributed by atoms with Crippen LogP contribution < -0.4 is 9.63 Å². The molecule has 0 bridgehead atoms. The Kier molecular flexibility index (Phi) is 3.68. The second-order valence-electron chi connectivity index (χ2n) is 4.92. The van der Waals surface area contributed by atoms with Gasteiger partial charge in [-0.05, 0) is 18.2 Å². The second kappa shape index (κ2) is 5.78. The summed E-state index contributed by atoms with van der Waals surface area (Å²) in [6.45, 7) is 2.64. The molecule has 0 atom stereocenters. The molecule has 6 heteroatoms. The number of carbonyl (C=O) groups is 1. The van der Waals surface area contributed by atoms with E-state index in [1.807, 2.05) is 17.0 Å². The Morgan fingerprint density at radius 1 is 1.14 bits per heavy atom. The van der Waals surface area contributed by atoms with Gasteiger partial charge < -0.3 is 10.1 Å². The quantitative estimate of drug-likeness (QED) is 0.647. The van der Waals surface area contributed by atoms with Crippen molar-refractivity contribution >= 4 is 11.7 Å². The molecule has 108 valence electrons. The third kappa shape index (κ3) is 2.79. The summed E-state index contributed by atoms with van der Waals surface area (Å²) < 4.78 is 1.11. The van der Waals surface area contributed by atoms with Gasteiger partial charge in [-0.15, -0.1) is 0 Å². The van der Waals surface area contributed by atoms with Gasteiger partial charge in [-0.1, -0.05) is 10.8 Å². The zero-order valence-electron chi connectivity index (χ0n) is 11.6. The van der Waals surface area contributed by atoms with Gasteiger partial charge in [0.1, 0.15) is 19.3 Å². The predicted molar refractivity (Wildman–Crippen MR) is 76.2 cm³/mol. The van der Waals surface area contributed by atoms with Crippen LogP contribution in [0.1, 0.15) is 10.4 Å². The van der Waals surface area contributed by atoms with E-state index < -0.39 is 0 Å². The summed E-state index contributed by atoms with van der Waals surface area (Å²) in [4.78, 5) is 20.2. The van der Waals surface area contributed by atoms with E-state index in [-0.39, 0.29) is 5.91 Å². The number of nitrogens with zero attached hydrogens (tertiary/aromatic N) is 4. The van der Waals surface area contributed by atoms with E-state index in [1.54, 1.807) is 36.8 Å². The van der Waals surface area contributed by atoms with Gasteiger partial charge in [-0.3, -0.25) is 14.7 Å². The fourth-order valence-corrected chi connectivity index (χ4v) is 2.49. The van der Waals surface area contributed by atoms with Crippen molar-refractivity contribution < 1.29 is 14.7 Å². The fraction of sp³-hybridized carbons (Fsp3) is 0.267. The summed E-state index contributed by atoms with van der Waals surface area (Å²) in [6, 6.07) is 9.06. The Hall–Kier alpha value is -2.63. The molecule has 1 N–H and O–H groups in total. The summed E-state index contributed by atoms with van der Waals surface area (Å²) in [6.07, 6.45) is 4.85. The zero-order valence-corrected chi connectivity index (χ0v) is 11.6. The van der Waals surface area contributed by atoms with Crippen molar-refractivity contribution in [1.82, 2.24) is 9.88 Å². The molecule has 2 aromatic heterocycles. The highest BCUT2D eigenvalue weighted by molar-refractivity contribution is 5.94. The van der Waals surface area contributed by atoms with Crippen LogP contribution in [0.3, 0.4) is 0 Å². The number of hydrogen-bond acceptors (Lipinski definition) is 4. The van der Waals surface area contributed by atoms with E-state index in [0.717, 1.165) is 10.5 Å². The van der Waals surface area contributed by atoms with Gasteiger partial charge in [0.25, 0.3) is 5.91 Å². The maximum Gasteiger partial charge on any atom is 0.316 e. The largest absolute Gasteiger partial charge is 0.350 e. The first-order valence-electron chi connectivity index (χ1n) is 6.90. The number of rotatable bonds is 2. The van der Waals surface area contributed by atoms with Gasteiger partial charge in [-0.25, -0.2) is 0 Å². The van der Waals surface area contributed by atoms with Crippen molar-refractivity contribution in [3.63, 3.8) is 0 Å². The van der Waals surface area contributed by atoms with E-state index in [0.29, 0.717) is 31.7 Å².